The van der Waals surface area contributed by atoms with E-state index in [4.69, 9.17) is 16.6 Å². The van der Waals surface area contributed by atoms with Crippen LogP contribution in [-0.4, -0.2) is 46.8 Å². The highest BCUT2D eigenvalue weighted by atomic mass is 35.5. The van der Waals surface area contributed by atoms with Crippen molar-refractivity contribution in [3.05, 3.63) is 124 Å². The first kappa shape index (κ1) is 36.6. The topological polar surface area (TPSA) is 126 Å². The van der Waals surface area contributed by atoms with Crippen LogP contribution < -0.4 is 10.0 Å². The zero-order valence-corrected chi connectivity index (χ0v) is 30.2. The Balaban J connectivity index is 1.54. The molecule has 0 aliphatic heterocycles. The van der Waals surface area contributed by atoms with Crippen LogP contribution >= 0.6 is 11.6 Å². The van der Waals surface area contributed by atoms with Crippen molar-refractivity contribution in [1.29, 1.82) is 0 Å². The van der Waals surface area contributed by atoms with Gasteiger partial charge in [-0.05, 0) is 85.5 Å². The lowest BCUT2D eigenvalue weighted by Gasteiger charge is -2.23. The molecule has 0 saturated heterocycles. The first-order valence-corrected chi connectivity index (χ1v) is 18.1. The van der Waals surface area contributed by atoms with Gasteiger partial charge >= 0.3 is 0 Å². The number of hydrogen-bond donors (Lipinski definition) is 3. The Morgan fingerprint density at radius 1 is 0.962 bits per heavy atom. The van der Waals surface area contributed by atoms with Gasteiger partial charge in [-0.25, -0.2) is 26.9 Å². The number of rotatable bonds is 9. The standard InChI is InChI=1S/C39H34ClF2N5O4S/c1-39(2,49)16-15-29-11-12-30(31-13-14-32(40)35-37(31)47(4)46-38(35)52(50,51)43-3)36(44-29)33(20-24-18-27(41)22-28(42)19-24)45-34(48)21-23-9-10-25-7-5-6-8-26(25)17-23/h5-14,17-19,22,33,43,49H,20-21H2,1-4H3,(H,45,48)/t33-/m0/s1. The van der Waals surface area contributed by atoms with Gasteiger partial charge in [0, 0.05) is 24.2 Å². The minimum absolute atomic E-state index is 0.00939. The maximum Gasteiger partial charge on any atom is 0.260 e. The van der Waals surface area contributed by atoms with Gasteiger partial charge in [0.1, 0.15) is 22.9 Å². The molecule has 0 aliphatic rings. The zero-order chi connectivity index (χ0) is 37.4. The molecule has 0 aliphatic carbocycles. The van der Waals surface area contributed by atoms with Gasteiger partial charge < -0.3 is 10.4 Å². The number of sulfonamides is 1. The van der Waals surface area contributed by atoms with E-state index in [0.717, 1.165) is 22.4 Å². The number of aliphatic hydroxyl groups is 1. The van der Waals surface area contributed by atoms with Crippen LogP contribution in [0.5, 0.6) is 0 Å². The summed E-state index contributed by atoms with van der Waals surface area (Å²) in [7, 11) is -1.20. The van der Waals surface area contributed by atoms with E-state index in [1.165, 1.54) is 43.8 Å². The molecule has 0 saturated carbocycles. The molecule has 9 nitrogen and oxygen atoms in total. The van der Waals surface area contributed by atoms with Crippen molar-refractivity contribution in [2.24, 2.45) is 7.05 Å². The van der Waals surface area contributed by atoms with Gasteiger partial charge in [0.05, 0.1) is 34.1 Å². The van der Waals surface area contributed by atoms with E-state index in [1.807, 2.05) is 42.5 Å². The van der Waals surface area contributed by atoms with Crippen LogP contribution in [-0.2, 0) is 34.7 Å². The van der Waals surface area contributed by atoms with Gasteiger partial charge in [0.15, 0.2) is 0 Å². The molecule has 1 amide bonds. The molecular weight excluding hydrogens is 708 g/mol. The molecule has 3 N–H and O–H groups in total. The molecule has 4 aromatic carbocycles. The Hall–Kier alpha value is -5.19. The van der Waals surface area contributed by atoms with Crippen LogP contribution in [0.3, 0.4) is 0 Å². The second-order valence-corrected chi connectivity index (χ2v) is 15.1. The number of nitrogens with zero attached hydrogens (tertiary/aromatic N) is 3. The molecular formula is C39H34ClF2N5O4S. The maximum atomic E-state index is 14.5. The van der Waals surface area contributed by atoms with E-state index in [0.29, 0.717) is 16.6 Å². The van der Waals surface area contributed by atoms with Crippen LogP contribution in [0.25, 0.3) is 32.8 Å². The van der Waals surface area contributed by atoms with Crippen LogP contribution in [0.1, 0.15) is 42.4 Å². The number of carbonyl (C=O) groups excluding carboxylic acids is 1. The van der Waals surface area contributed by atoms with E-state index in [1.54, 1.807) is 25.2 Å². The summed E-state index contributed by atoms with van der Waals surface area (Å²) in [5.74, 6) is 3.64. The third kappa shape index (κ3) is 7.98. The van der Waals surface area contributed by atoms with Gasteiger partial charge in [0.25, 0.3) is 10.0 Å². The predicted molar refractivity (Wildman–Crippen MR) is 197 cm³/mol. The first-order valence-electron chi connectivity index (χ1n) is 16.2. The van der Waals surface area contributed by atoms with Crippen molar-refractivity contribution in [2.45, 2.75) is 43.4 Å². The number of pyridine rings is 1. The number of aromatic nitrogens is 3. The Kier molecular flexibility index (Phi) is 10.2. The molecule has 6 rings (SSSR count). The maximum absolute atomic E-state index is 14.5. The van der Waals surface area contributed by atoms with Gasteiger partial charge in [0.2, 0.25) is 10.9 Å². The summed E-state index contributed by atoms with van der Waals surface area (Å²) in [5, 5.41) is 19.7. The van der Waals surface area contributed by atoms with Crippen LogP contribution in [0.2, 0.25) is 5.02 Å². The molecule has 52 heavy (non-hydrogen) atoms. The average Bonchev–Trinajstić information content (AvgIpc) is 3.45. The number of hydrogen-bond acceptors (Lipinski definition) is 6. The fourth-order valence-corrected chi connectivity index (χ4v) is 7.26. The molecule has 266 valence electrons. The van der Waals surface area contributed by atoms with Gasteiger partial charge in [-0.1, -0.05) is 66.1 Å². The minimum atomic E-state index is -4.04. The van der Waals surface area contributed by atoms with Gasteiger partial charge in [-0.15, -0.1) is 0 Å². The van der Waals surface area contributed by atoms with Crippen LogP contribution in [0.15, 0.2) is 90.0 Å². The Labute approximate surface area is 304 Å². The van der Waals surface area contributed by atoms with Crippen molar-refractivity contribution < 1.29 is 27.1 Å². The molecule has 2 heterocycles. The monoisotopic (exact) mass is 741 g/mol. The van der Waals surface area contributed by atoms with E-state index in [-0.39, 0.29) is 51.1 Å². The normalized spacial score (nSPS) is 12.5. The molecule has 6 aromatic rings. The molecule has 13 heteroatoms. The fraction of sp³-hybridized carbons (Fsp3) is 0.205. The van der Waals surface area contributed by atoms with Crippen LogP contribution in [0.4, 0.5) is 8.78 Å². The number of carbonyl (C=O) groups is 1. The third-order valence-electron chi connectivity index (χ3n) is 8.35. The molecule has 0 bridgehead atoms. The van der Waals surface area contributed by atoms with Crippen molar-refractivity contribution in [3.8, 4) is 23.0 Å². The minimum Gasteiger partial charge on any atom is -0.378 e. The number of amides is 1. The smallest absolute Gasteiger partial charge is 0.260 e. The zero-order valence-electron chi connectivity index (χ0n) is 28.6. The van der Waals surface area contributed by atoms with Crippen molar-refractivity contribution in [3.63, 3.8) is 0 Å². The van der Waals surface area contributed by atoms with E-state index < -0.39 is 33.3 Å². The number of fused-ring (bicyclic) bond motifs is 2. The summed E-state index contributed by atoms with van der Waals surface area (Å²) >= 11 is 6.60. The Bertz CT molecular complexity index is 2520. The lowest BCUT2D eigenvalue weighted by Crippen LogP contribution is -2.32. The van der Waals surface area contributed by atoms with Crippen molar-refractivity contribution in [2.75, 3.05) is 7.05 Å². The predicted octanol–water partition coefficient (Wildman–Crippen LogP) is 6.39. The first-order chi connectivity index (χ1) is 24.6. The third-order valence-corrected chi connectivity index (χ3v) is 9.99. The lowest BCUT2D eigenvalue weighted by molar-refractivity contribution is -0.121. The Morgan fingerprint density at radius 3 is 2.35 bits per heavy atom. The quantitative estimate of drug-likeness (QED) is 0.148. The van der Waals surface area contributed by atoms with Crippen molar-refractivity contribution in [1.82, 2.24) is 24.8 Å². The second kappa shape index (κ2) is 14.4. The SMILES string of the molecule is CNS(=O)(=O)c1nn(C)c2c(-c3ccc(C#CC(C)(C)O)nc3[C@H](Cc3cc(F)cc(F)c3)NC(=O)Cc3ccc4ccccc4c3)ccc(Cl)c12. The van der Waals surface area contributed by atoms with E-state index in [9.17, 15) is 27.1 Å². The summed E-state index contributed by atoms with van der Waals surface area (Å²) < 4.78 is 58.7. The summed E-state index contributed by atoms with van der Waals surface area (Å²) in [6.07, 6.45) is -0.0907. The van der Waals surface area contributed by atoms with Gasteiger partial charge in [-0.3, -0.25) is 9.48 Å². The molecule has 0 spiro atoms. The van der Waals surface area contributed by atoms with E-state index in [2.05, 4.69) is 27.0 Å². The highest BCUT2D eigenvalue weighted by Crippen LogP contribution is 2.39. The number of halogens is 3. The summed E-state index contributed by atoms with van der Waals surface area (Å²) in [6.45, 7) is 3.04. The summed E-state index contributed by atoms with van der Waals surface area (Å²) in [5.41, 5.74) is 1.43. The molecule has 1 atom stereocenters. The fourth-order valence-electron chi connectivity index (χ4n) is 6.06. The number of benzene rings is 4. The van der Waals surface area contributed by atoms with Crippen molar-refractivity contribution >= 4 is 49.2 Å². The lowest BCUT2D eigenvalue weighted by atomic mass is 9.93. The highest BCUT2D eigenvalue weighted by molar-refractivity contribution is 7.89. The molecule has 0 unspecified atom stereocenters. The molecule has 0 radical (unpaired) electrons. The van der Waals surface area contributed by atoms with Gasteiger partial charge in [-0.2, -0.15) is 5.10 Å². The summed E-state index contributed by atoms with van der Waals surface area (Å²) in [4.78, 5) is 18.7. The number of nitrogens with one attached hydrogen (secondary N) is 2. The average molecular weight is 742 g/mol. The second-order valence-electron chi connectivity index (χ2n) is 12.9. The summed E-state index contributed by atoms with van der Waals surface area (Å²) in [6, 6.07) is 22.2. The highest BCUT2D eigenvalue weighted by Gasteiger charge is 2.28. The molecule has 2 aromatic heterocycles. The molecule has 0 fully saturated rings. The van der Waals surface area contributed by atoms with Crippen LogP contribution in [0, 0.1) is 23.5 Å². The Morgan fingerprint density at radius 2 is 1.65 bits per heavy atom. The number of aryl methyl sites for hydroxylation is 1. The van der Waals surface area contributed by atoms with E-state index >= 15 is 0 Å². The largest absolute Gasteiger partial charge is 0.378 e.